The molecule has 0 atom stereocenters. The monoisotopic (exact) mass is 333 g/mol. The zero-order chi connectivity index (χ0) is 17.5. The van der Waals surface area contributed by atoms with Gasteiger partial charge in [0.25, 0.3) is 5.91 Å². The van der Waals surface area contributed by atoms with Gasteiger partial charge in [0.05, 0.1) is 11.1 Å². The quantitative estimate of drug-likeness (QED) is 0.476. The summed E-state index contributed by atoms with van der Waals surface area (Å²) in [5.41, 5.74) is 2.00. The third kappa shape index (κ3) is 4.77. The Labute approximate surface area is 135 Å². The fourth-order valence-corrected chi connectivity index (χ4v) is 1.68. The maximum Gasteiger partial charge on any atom is 0.311 e. The zero-order valence-electron chi connectivity index (χ0n) is 12.2. The van der Waals surface area contributed by atoms with Crippen LogP contribution < -0.4 is 10.2 Å². The lowest BCUT2D eigenvalue weighted by Gasteiger charge is -2.04. The number of phenolic OH excluding ortho intramolecular Hbond substituents is 1. The van der Waals surface area contributed by atoms with E-state index in [4.69, 9.17) is 4.74 Å². The van der Waals surface area contributed by atoms with Crippen LogP contribution in [0.3, 0.4) is 0 Å². The minimum Gasteiger partial charge on any atom is -0.502 e. The Morgan fingerprint density at radius 2 is 2.17 bits per heavy atom. The van der Waals surface area contributed by atoms with E-state index in [1.807, 2.05) is 0 Å². The van der Waals surface area contributed by atoms with Crippen molar-refractivity contribution in [1.29, 1.82) is 0 Å². The number of carbonyl (C=O) groups excluding carboxylic acids is 1. The van der Waals surface area contributed by atoms with Crippen molar-refractivity contribution in [3.8, 4) is 11.5 Å². The number of benzene rings is 2. The van der Waals surface area contributed by atoms with E-state index in [2.05, 4.69) is 10.5 Å². The summed E-state index contributed by atoms with van der Waals surface area (Å²) in [6, 6.07) is 8.96. The Morgan fingerprint density at radius 1 is 1.38 bits per heavy atom. The van der Waals surface area contributed by atoms with Crippen molar-refractivity contribution in [3.63, 3.8) is 0 Å². The highest BCUT2D eigenvalue weighted by atomic mass is 19.1. The average Bonchev–Trinajstić information content (AvgIpc) is 2.54. The first kappa shape index (κ1) is 16.9. The highest BCUT2D eigenvalue weighted by Gasteiger charge is 2.12. The van der Waals surface area contributed by atoms with Gasteiger partial charge in [0.15, 0.2) is 12.4 Å². The van der Waals surface area contributed by atoms with Crippen LogP contribution in [-0.2, 0) is 4.79 Å². The van der Waals surface area contributed by atoms with E-state index in [1.54, 1.807) is 0 Å². The van der Waals surface area contributed by atoms with Gasteiger partial charge in [-0.15, -0.1) is 0 Å². The number of nitrogens with one attached hydrogen (secondary N) is 1. The standard InChI is InChI=1S/C15H12FN3O5/c16-11-2-1-3-12(7-11)24-9-15(21)18-17-8-10-4-5-14(20)13(6-10)19(22)23/h1-8,20H,9H2,(H,18,21)/b17-8+. The number of ether oxygens (including phenoxy) is 1. The van der Waals surface area contributed by atoms with Gasteiger partial charge in [0.1, 0.15) is 11.6 Å². The number of hydrogen-bond donors (Lipinski definition) is 2. The Bertz CT molecular complexity index is 794. The van der Waals surface area contributed by atoms with Crippen molar-refractivity contribution >= 4 is 17.8 Å². The van der Waals surface area contributed by atoms with Crippen molar-refractivity contribution < 1.29 is 24.0 Å². The van der Waals surface area contributed by atoms with E-state index < -0.39 is 28.1 Å². The predicted molar refractivity (Wildman–Crippen MR) is 82.4 cm³/mol. The van der Waals surface area contributed by atoms with Gasteiger partial charge in [-0.1, -0.05) is 6.07 Å². The molecule has 8 nitrogen and oxygen atoms in total. The van der Waals surface area contributed by atoms with E-state index in [9.17, 15) is 24.4 Å². The normalized spacial score (nSPS) is 10.5. The summed E-state index contributed by atoms with van der Waals surface area (Å²) < 4.78 is 18.0. The summed E-state index contributed by atoms with van der Waals surface area (Å²) in [7, 11) is 0. The molecule has 0 radical (unpaired) electrons. The van der Waals surface area contributed by atoms with Crippen LogP contribution >= 0.6 is 0 Å². The number of nitro benzene ring substituents is 1. The largest absolute Gasteiger partial charge is 0.502 e. The summed E-state index contributed by atoms with van der Waals surface area (Å²) in [6.07, 6.45) is 1.17. The Morgan fingerprint density at radius 3 is 2.88 bits per heavy atom. The Hall–Kier alpha value is -3.49. The van der Waals surface area contributed by atoms with E-state index in [0.717, 1.165) is 18.2 Å². The molecular weight excluding hydrogens is 321 g/mol. The predicted octanol–water partition coefficient (Wildman–Crippen LogP) is 1.97. The third-order valence-corrected chi connectivity index (χ3v) is 2.77. The lowest BCUT2D eigenvalue weighted by atomic mass is 10.2. The van der Waals surface area contributed by atoms with Crippen molar-refractivity contribution in [2.24, 2.45) is 5.10 Å². The molecule has 0 heterocycles. The zero-order valence-corrected chi connectivity index (χ0v) is 12.2. The highest BCUT2D eigenvalue weighted by molar-refractivity contribution is 5.84. The minimum atomic E-state index is -0.738. The molecule has 0 unspecified atom stereocenters. The van der Waals surface area contributed by atoms with Crippen LogP contribution in [0.25, 0.3) is 0 Å². The molecule has 1 amide bonds. The first-order chi connectivity index (χ1) is 11.5. The van der Waals surface area contributed by atoms with Gasteiger partial charge in [-0.05, 0) is 24.3 Å². The number of nitro groups is 1. The van der Waals surface area contributed by atoms with Crippen molar-refractivity contribution in [2.75, 3.05) is 6.61 Å². The molecule has 124 valence electrons. The maximum absolute atomic E-state index is 12.9. The van der Waals surface area contributed by atoms with E-state index >= 15 is 0 Å². The first-order valence-electron chi connectivity index (χ1n) is 6.63. The van der Waals surface area contributed by atoms with Gasteiger partial charge in [-0.3, -0.25) is 14.9 Å². The number of rotatable bonds is 6. The van der Waals surface area contributed by atoms with Gasteiger partial charge in [-0.25, -0.2) is 9.82 Å². The summed E-state index contributed by atoms with van der Waals surface area (Å²) in [5, 5.41) is 23.6. The molecule has 0 bridgehead atoms. The second-order valence-corrected chi connectivity index (χ2v) is 4.54. The second kappa shape index (κ2) is 7.68. The molecule has 2 aromatic carbocycles. The lowest BCUT2D eigenvalue weighted by molar-refractivity contribution is -0.385. The number of hydrazone groups is 1. The van der Waals surface area contributed by atoms with Crippen molar-refractivity contribution in [1.82, 2.24) is 5.43 Å². The van der Waals surface area contributed by atoms with E-state index in [-0.39, 0.29) is 12.4 Å². The Balaban J connectivity index is 1.88. The van der Waals surface area contributed by atoms with Crippen LogP contribution in [0.1, 0.15) is 5.56 Å². The molecule has 2 rings (SSSR count). The number of amides is 1. The van der Waals surface area contributed by atoms with Crippen molar-refractivity contribution in [2.45, 2.75) is 0 Å². The van der Waals surface area contributed by atoms with E-state index in [0.29, 0.717) is 5.56 Å². The van der Waals surface area contributed by atoms with Crippen LogP contribution in [0.4, 0.5) is 10.1 Å². The number of hydrogen-bond acceptors (Lipinski definition) is 6. The van der Waals surface area contributed by atoms with Crippen molar-refractivity contribution in [3.05, 3.63) is 64.0 Å². The molecular formula is C15H12FN3O5. The summed E-state index contributed by atoms with van der Waals surface area (Å²) in [4.78, 5) is 21.5. The Kier molecular flexibility index (Phi) is 5.40. The smallest absolute Gasteiger partial charge is 0.311 e. The number of carbonyl (C=O) groups is 1. The van der Waals surface area contributed by atoms with Gasteiger partial charge in [0.2, 0.25) is 0 Å². The van der Waals surface area contributed by atoms with Gasteiger partial charge >= 0.3 is 5.69 Å². The van der Waals surface area contributed by atoms with Crippen LogP contribution in [0.5, 0.6) is 11.5 Å². The van der Waals surface area contributed by atoms with Crippen LogP contribution in [0.15, 0.2) is 47.6 Å². The number of halogens is 1. The second-order valence-electron chi connectivity index (χ2n) is 4.54. The number of phenols is 1. The third-order valence-electron chi connectivity index (χ3n) is 2.77. The van der Waals surface area contributed by atoms with Crippen LogP contribution in [0, 0.1) is 15.9 Å². The first-order valence-corrected chi connectivity index (χ1v) is 6.63. The fraction of sp³-hybridized carbons (Fsp3) is 0.0667. The van der Waals surface area contributed by atoms with Gasteiger partial charge in [-0.2, -0.15) is 5.10 Å². The number of aromatic hydroxyl groups is 1. The van der Waals surface area contributed by atoms with Crippen LogP contribution in [-0.4, -0.2) is 28.8 Å². The molecule has 0 aliphatic carbocycles. The molecule has 9 heteroatoms. The number of nitrogens with zero attached hydrogens (tertiary/aromatic N) is 2. The molecule has 0 spiro atoms. The topological polar surface area (TPSA) is 114 Å². The highest BCUT2D eigenvalue weighted by Crippen LogP contribution is 2.25. The molecule has 0 saturated heterocycles. The summed E-state index contributed by atoms with van der Waals surface area (Å²) in [6.45, 7) is -0.378. The molecule has 2 N–H and O–H groups in total. The average molecular weight is 333 g/mol. The maximum atomic E-state index is 12.9. The van der Waals surface area contributed by atoms with E-state index in [1.165, 1.54) is 30.5 Å². The molecule has 0 aliphatic rings. The SMILES string of the molecule is O=C(COc1cccc(F)c1)N/N=C/c1ccc(O)c([N+](=O)[O-])c1. The molecule has 24 heavy (non-hydrogen) atoms. The molecule has 0 aliphatic heterocycles. The molecule has 0 aromatic heterocycles. The fourth-order valence-electron chi connectivity index (χ4n) is 1.68. The van der Waals surface area contributed by atoms with Gasteiger partial charge < -0.3 is 9.84 Å². The molecule has 2 aromatic rings. The summed E-state index contributed by atoms with van der Waals surface area (Å²) in [5.74, 6) is -1.35. The van der Waals surface area contributed by atoms with Gasteiger partial charge in [0, 0.05) is 17.7 Å². The summed E-state index contributed by atoms with van der Waals surface area (Å²) >= 11 is 0. The molecule has 0 fully saturated rings. The lowest BCUT2D eigenvalue weighted by Crippen LogP contribution is -2.24. The molecule has 0 saturated carbocycles. The van der Waals surface area contributed by atoms with Crippen LogP contribution in [0.2, 0.25) is 0 Å². The minimum absolute atomic E-state index is 0.197.